The van der Waals surface area contributed by atoms with Crippen molar-refractivity contribution >= 4 is 5.91 Å². The summed E-state index contributed by atoms with van der Waals surface area (Å²) in [5.41, 5.74) is 1.02. The fourth-order valence-electron chi connectivity index (χ4n) is 3.31. The lowest BCUT2D eigenvalue weighted by Gasteiger charge is -2.21. The van der Waals surface area contributed by atoms with Crippen molar-refractivity contribution < 1.29 is 14.3 Å². The van der Waals surface area contributed by atoms with E-state index in [9.17, 15) is 4.79 Å². The maximum Gasteiger partial charge on any atom is 0.220 e. The first-order valence-corrected chi connectivity index (χ1v) is 8.70. The van der Waals surface area contributed by atoms with Crippen LogP contribution in [0.5, 0.6) is 11.5 Å². The van der Waals surface area contributed by atoms with Crippen molar-refractivity contribution in [2.75, 3.05) is 14.2 Å². The maximum atomic E-state index is 12.0. The summed E-state index contributed by atoms with van der Waals surface area (Å²) in [7, 11) is 3.23. The molecule has 1 aromatic carbocycles. The molecule has 0 saturated heterocycles. The SMILES string of the molecule is COc1ccc(CNC(=O)CCCC2CCCCC2)cc1OC. The third-order valence-electron chi connectivity index (χ3n) is 4.68. The van der Waals surface area contributed by atoms with Crippen LogP contribution in [0.4, 0.5) is 0 Å². The molecule has 4 heteroatoms. The largest absolute Gasteiger partial charge is 0.493 e. The molecule has 0 bridgehead atoms. The Morgan fingerprint density at radius 2 is 1.87 bits per heavy atom. The fourth-order valence-corrected chi connectivity index (χ4v) is 3.31. The van der Waals surface area contributed by atoms with Gasteiger partial charge in [0.25, 0.3) is 0 Å². The molecule has 0 aromatic heterocycles. The molecule has 4 nitrogen and oxygen atoms in total. The highest BCUT2D eigenvalue weighted by Crippen LogP contribution is 2.28. The highest BCUT2D eigenvalue weighted by Gasteiger charge is 2.13. The lowest BCUT2D eigenvalue weighted by molar-refractivity contribution is -0.121. The second-order valence-corrected chi connectivity index (χ2v) is 6.36. The number of carbonyl (C=O) groups is 1. The van der Waals surface area contributed by atoms with Gasteiger partial charge in [0.2, 0.25) is 5.91 Å². The number of hydrogen-bond donors (Lipinski definition) is 1. The zero-order valence-corrected chi connectivity index (χ0v) is 14.4. The number of rotatable bonds is 8. The molecule has 1 amide bonds. The molecule has 2 rings (SSSR count). The Balaban J connectivity index is 1.69. The zero-order chi connectivity index (χ0) is 16.5. The molecule has 0 radical (unpaired) electrons. The van der Waals surface area contributed by atoms with Crippen LogP contribution in [0.15, 0.2) is 18.2 Å². The van der Waals surface area contributed by atoms with Crippen molar-refractivity contribution in [1.82, 2.24) is 5.32 Å². The Hall–Kier alpha value is -1.71. The van der Waals surface area contributed by atoms with Gasteiger partial charge in [-0.1, -0.05) is 38.2 Å². The molecule has 1 aliphatic carbocycles. The second-order valence-electron chi connectivity index (χ2n) is 6.36. The summed E-state index contributed by atoms with van der Waals surface area (Å²) in [5.74, 6) is 2.38. The number of hydrogen-bond acceptors (Lipinski definition) is 3. The van der Waals surface area contributed by atoms with Gasteiger partial charge in [0.05, 0.1) is 14.2 Å². The maximum absolute atomic E-state index is 12.0. The predicted molar refractivity (Wildman–Crippen MR) is 91.8 cm³/mol. The molecule has 0 atom stereocenters. The van der Waals surface area contributed by atoms with Crippen molar-refractivity contribution in [3.63, 3.8) is 0 Å². The molecule has 1 fully saturated rings. The minimum absolute atomic E-state index is 0.135. The van der Waals surface area contributed by atoms with Crippen molar-refractivity contribution in [2.45, 2.75) is 57.9 Å². The molecule has 128 valence electrons. The highest BCUT2D eigenvalue weighted by molar-refractivity contribution is 5.75. The second kappa shape index (κ2) is 9.43. The molecule has 0 heterocycles. The minimum Gasteiger partial charge on any atom is -0.493 e. The van der Waals surface area contributed by atoms with E-state index in [0.717, 1.165) is 17.9 Å². The summed E-state index contributed by atoms with van der Waals surface area (Å²) in [6.45, 7) is 0.530. The number of methoxy groups -OCH3 is 2. The molecule has 23 heavy (non-hydrogen) atoms. The van der Waals surface area contributed by atoms with Crippen LogP contribution in [0.2, 0.25) is 0 Å². The van der Waals surface area contributed by atoms with Crippen LogP contribution >= 0.6 is 0 Å². The van der Waals surface area contributed by atoms with Crippen molar-refractivity contribution in [1.29, 1.82) is 0 Å². The van der Waals surface area contributed by atoms with Gasteiger partial charge in [0.15, 0.2) is 11.5 Å². The summed E-state index contributed by atoms with van der Waals surface area (Å²) in [6, 6.07) is 5.72. The van der Waals surface area contributed by atoms with Gasteiger partial charge in [-0.3, -0.25) is 4.79 Å². The molecule has 1 aromatic rings. The van der Waals surface area contributed by atoms with Crippen LogP contribution in [0.3, 0.4) is 0 Å². The lowest BCUT2D eigenvalue weighted by atomic mass is 9.86. The van der Waals surface area contributed by atoms with Gasteiger partial charge in [-0.25, -0.2) is 0 Å². The van der Waals surface area contributed by atoms with Gasteiger partial charge in [-0.05, 0) is 36.5 Å². The summed E-state index contributed by atoms with van der Waals surface area (Å²) < 4.78 is 10.5. The number of carbonyl (C=O) groups excluding carboxylic acids is 1. The van der Waals surface area contributed by atoms with Gasteiger partial charge in [-0.15, -0.1) is 0 Å². The van der Waals surface area contributed by atoms with E-state index in [1.807, 2.05) is 18.2 Å². The van der Waals surface area contributed by atoms with Gasteiger partial charge >= 0.3 is 0 Å². The monoisotopic (exact) mass is 319 g/mol. The summed E-state index contributed by atoms with van der Waals surface area (Å²) >= 11 is 0. The van der Waals surface area contributed by atoms with Gasteiger partial charge in [-0.2, -0.15) is 0 Å². The molecule has 1 saturated carbocycles. The average molecular weight is 319 g/mol. The molecule has 1 N–H and O–H groups in total. The number of ether oxygens (including phenoxy) is 2. The number of amides is 1. The van der Waals surface area contributed by atoms with E-state index < -0.39 is 0 Å². The standard InChI is InChI=1S/C19H29NO3/c1-22-17-12-11-16(13-18(17)23-2)14-20-19(21)10-6-9-15-7-4-3-5-8-15/h11-13,15H,3-10,14H2,1-2H3,(H,20,21). The molecular formula is C19H29NO3. The van der Waals surface area contributed by atoms with Crippen LogP contribution in [0, 0.1) is 5.92 Å². The minimum atomic E-state index is 0.135. The molecule has 1 aliphatic rings. The Morgan fingerprint density at radius 3 is 2.57 bits per heavy atom. The molecule has 0 aliphatic heterocycles. The van der Waals surface area contributed by atoms with Crippen LogP contribution in [-0.4, -0.2) is 20.1 Å². The quantitative estimate of drug-likeness (QED) is 0.785. The number of benzene rings is 1. The Morgan fingerprint density at radius 1 is 1.13 bits per heavy atom. The smallest absolute Gasteiger partial charge is 0.220 e. The molecule has 0 spiro atoms. The van der Waals surface area contributed by atoms with Gasteiger partial charge in [0, 0.05) is 13.0 Å². The van der Waals surface area contributed by atoms with Crippen LogP contribution in [-0.2, 0) is 11.3 Å². The van der Waals surface area contributed by atoms with E-state index >= 15 is 0 Å². The van der Waals surface area contributed by atoms with Crippen LogP contribution in [0.1, 0.15) is 56.9 Å². The third-order valence-corrected chi connectivity index (χ3v) is 4.68. The predicted octanol–water partition coefficient (Wildman–Crippen LogP) is 4.07. The summed E-state index contributed by atoms with van der Waals surface area (Å²) in [5, 5.41) is 2.99. The van der Waals surface area contributed by atoms with Crippen molar-refractivity contribution in [2.24, 2.45) is 5.92 Å². The third kappa shape index (κ3) is 5.77. The van der Waals surface area contributed by atoms with Gasteiger partial charge in [0.1, 0.15) is 0 Å². The summed E-state index contributed by atoms with van der Waals surface area (Å²) in [4.78, 5) is 12.0. The summed E-state index contributed by atoms with van der Waals surface area (Å²) in [6.07, 6.45) is 9.67. The zero-order valence-electron chi connectivity index (χ0n) is 14.4. The van der Waals surface area contributed by atoms with E-state index in [4.69, 9.17) is 9.47 Å². The molecular weight excluding hydrogens is 290 g/mol. The van der Waals surface area contributed by atoms with Gasteiger partial charge < -0.3 is 14.8 Å². The first-order chi connectivity index (χ1) is 11.2. The van der Waals surface area contributed by atoms with E-state index in [1.165, 1.54) is 38.5 Å². The Bertz CT molecular complexity index is 495. The normalized spacial score (nSPS) is 15.2. The first kappa shape index (κ1) is 17.6. The van der Waals surface area contributed by atoms with E-state index in [-0.39, 0.29) is 5.91 Å². The number of nitrogens with one attached hydrogen (secondary N) is 1. The fraction of sp³-hybridized carbons (Fsp3) is 0.632. The highest BCUT2D eigenvalue weighted by atomic mass is 16.5. The van der Waals surface area contributed by atoms with E-state index in [2.05, 4.69) is 5.32 Å². The van der Waals surface area contributed by atoms with Crippen molar-refractivity contribution in [3.8, 4) is 11.5 Å². The molecule has 0 unspecified atom stereocenters. The average Bonchev–Trinajstić information content (AvgIpc) is 2.60. The van der Waals surface area contributed by atoms with Crippen molar-refractivity contribution in [3.05, 3.63) is 23.8 Å². The first-order valence-electron chi connectivity index (χ1n) is 8.70. The Kier molecular flexibility index (Phi) is 7.24. The van der Waals surface area contributed by atoms with Crippen LogP contribution in [0.25, 0.3) is 0 Å². The van der Waals surface area contributed by atoms with E-state index in [0.29, 0.717) is 24.5 Å². The Labute approximate surface area is 139 Å². The lowest BCUT2D eigenvalue weighted by Crippen LogP contribution is -2.22. The van der Waals surface area contributed by atoms with E-state index in [1.54, 1.807) is 14.2 Å². The topological polar surface area (TPSA) is 47.6 Å². The van der Waals surface area contributed by atoms with Crippen LogP contribution < -0.4 is 14.8 Å².